The molecule has 0 aromatic heterocycles. The molecule has 0 saturated heterocycles. The summed E-state index contributed by atoms with van der Waals surface area (Å²) < 4.78 is 0. The van der Waals surface area contributed by atoms with E-state index in [-0.39, 0.29) is 5.78 Å². The lowest BCUT2D eigenvalue weighted by Crippen LogP contribution is -2.11. The number of aryl methyl sites for hydroxylation is 2. The second kappa shape index (κ2) is 4.33. The van der Waals surface area contributed by atoms with Crippen LogP contribution < -0.4 is 0 Å². The smallest absolute Gasteiger partial charge is 0.181 e. The third kappa shape index (κ3) is 2.28. The van der Waals surface area contributed by atoms with E-state index in [2.05, 4.69) is 0 Å². The van der Waals surface area contributed by atoms with Crippen LogP contribution in [0.2, 0.25) is 5.02 Å². The molecular formula is C11H12Cl2O. The van der Waals surface area contributed by atoms with Crippen molar-refractivity contribution in [1.82, 2.24) is 0 Å². The predicted octanol–water partition coefficient (Wildman–Crippen LogP) is 3.77. The van der Waals surface area contributed by atoms with Crippen molar-refractivity contribution in [3.63, 3.8) is 0 Å². The molecule has 0 bridgehead atoms. The van der Waals surface area contributed by atoms with Crippen LogP contribution >= 0.6 is 23.2 Å². The Morgan fingerprint density at radius 2 is 1.79 bits per heavy atom. The van der Waals surface area contributed by atoms with Crippen LogP contribution in [0.1, 0.15) is 28.4 Å². The largest absolute Gasteiger partial charge is 0.292 e. The highest BCUT2D eigenvalue weighted by Gasteiger charge is 2.16. The van der Waals surface area contributed by atoms with Crippen LogP contribution in [0.15, 0.2) is 12.1 Å². The summed E-state index contributed by atoms with van der Waals surface area (Å²) in [7, 11) is 0. The van der Waals surface area contributed by atoms with Crippen molar-refractivity contribution in [2.45, 2.75) is 26.1 Å². The van der Waals surface area contributed by atoms with Gasteiger partial charge in [0.15, 0.2) is 5.78 Å². The van der Waals surface area contributed by atoms with E-state index in [1.807, 2.05) is 13.8 Å². The molecule has 0 saturated carbocycles. The van der Waals surface area contributed by atoms with Gasteiger partial charge in [-0.25, -0.2) is 0 Å². The highest BCUT2D eigenvalue weighted by atomic mass is 35.5. The van der Waals surface area contributed by atoms with E-state index in [4.69, 9.17) is 23.2 Å². The highest BCUT2D eigenvalue weighted by Crippen LogP contribution is 2.23. The topological polar surface area (TPSA) is 17.1 Å². The van der Waals surface area contributed by atoms with Gasteiger partial charge in [0.05, 0.1) is 10.4 Å². The molecule has 0 aliphatic heterocycles. The number of hydrogen-bond acceptors (Lipinski definition) is 1. The molecule has 0 aliphatic carbocycles. The lowest BCUT2D eigenvalue weighted by molar-refractivity contribution is 0.0992. The van der Waals surface area contributed by atoms with Gasteiger partial charge in [-0.05, 0) is 44.0 Å². The van der Waals surface area contributed by atoms with Crippen LogP contribution in [0.25, 0.3) is 0 Å². The first-order valence-corrected chi connectivity index (χ1v) is 5.20. The minimum absolute atomic E-state index is 0.125. The third-order valence-electron chi connectivity index (χ3n) is 2.21. The van der Waals surface area contributed by atoms with Gasteiger partial charge in [-0.2, -0.15) is 0 Å². The van der Waals surface area contributed by atoms with E-state index in [0.29, 0.717) is 10.6 Å². The summed E-state index contributed by atoms with van der Waals surface area (Å²) in [5.74, 6) is -0.125. The number of halogens is 2. The quantitative estimate of drug-likeness (QED) is 0.559. The van der Waals surface area contributed by atoms with Crippen molar-refractivity contribution in [2.75, 3.05) is 0 Å². The number of carbonyl (C=O) groups is 1. The molecule has 3 heteroatoms. The second-order valence-corrected chi connectivity index (χ2v) is 4.46. The molecular weight excluding hydrogens is 219 g/mol. The van der Waals surface area contributed by atoms with Crippen molar-refractivity contribution in [2.24, 2.45) is 0 Å². The Bertz CT molecular complexity index is 370. The summed E-state index contributed by atoms with van der Waals surface area (Å²) in [6.07, 6.45) is 0. The van der Waals surface area contributed by atoms with Crippen molar-refractivity contribution in [3.8, 4) is 0 Å². The predicted molar refractivity (Wildman–Crippen MR) is 60.6 cm³/mol. The van der Waals surface area contributed by atoms with Gasteiger partial charge in [0.25, 0.3) is 0 Å². The van der Waals surface area contributed by atoms with Crippen LogP contribution in [0.3, 0.4) is 0 Å². The Kier molecular flexibility index (Phi) is 3.57. The number of ketones is 1. The molecule has 1 aromatic rings. The highest BCUT2D eigenvalue weighted by molar-refractivity contribution is 6.38. The lowest BCUT2D eigenvalue weighted by atomic mass is 10.0. The Morgan fingerprint density at radius 1 is 1.29 bits per heavy atom. The van der Waals surface area contributed by atoms with Gasteiger partial charge in [-0.1, -0.05) is 11.6 Å². The van der Waals surface area contributed by atoms with Gasteiger partial charge in [0.1, 0.15) is 0 Å². The number of rotatable bonds is 2. The summed E-state index contributed by atoms with van der Waals surface area (Å²) in [5, 5.41) is -0.0554. The number of benzene rings is 1. The lowest BCUT2D eigenvalue weighted by Gasteiger charge is -2.08. The standard InChI is InChI=1S/C11H12Cl2O/c1-6-4-9(11(14)8(3)12)10(13)5-7(6)2/h4-5,8H,1-3H3. The first-order valence-electron chi connectivity index (χ1n) is 4.38. The Morgan fingerprint density at radius 3 is 2.29 bits per heavy atom. The van der Waals surface area contributed by atoms with Crippen LogP contribution in [-0.4, -0.2) is 11.2 Å². The molecule has 1 nitrogen and oxygen atoms in total. The molecule has 0 spiro atoms. The molecule has 0 radical (unpaired) electrons. The SMILES string of the molecule is Cc1cc(Cl)c(C(=O)C(C)Cl)cc1C. The maximum Gasteiger partial charge on any atom is 0.181 e. The van der Waals surface area contributed by atoms with Crippen LogP contribution in [0.5, 0.6) is 0 Å². The van der Waals surface area contributed by atoms with Crippen molar-refractivity contribution in [3.05, 3.63) is 33.8 Å². The fraction of sp³-hybridized carbons (Fsp3) is 0.364. The first kappa shape index (κ1) is 11.5. The molecule has 76 valence electrons. The van der Waals surface area contributed by atoms with Crippen molar-refractivity contribution >= 4 is 29.0 Å². The average molecular weight is 231 g/mol. The van der Waals surface area contributed by atoms with E-state index in [1.165, 1.54) is 0 Å². The normalized spacial score (nSPS) is 12.6. The minimum Gasteiger partial charge on any atom is -0.292 e. The Labute approximate surface area is 94.0 Å². The zero-order valence-electron chi connectivity index (χ0n) is 8.40. The molecule has 0 heterocycles. The van der Waals surface area contributed by atoms with Gasteiger partial charge in [-0.15, -0.1) is 11.6 Å². The number of hydrogen-bond donors (Lipinski definition) is 0. The summed E-state index contributed by atoms with van der Waals surface area (Å²) in [4.78, 5) is 11.6. The van der Waals surface area contributed by atoms with Crippen LogP contribution in [0.4, 0.5) is 0 Å². The third-order valence-corrected chi connectivity index (χ3v) is 2.72. The molecule has 0 fully saturated rings. The minimum atomic E-state index is -0.533. The number of carbonyl (C=O) groups excluding carboxylic acids is 1. The molecule has 1 atom stereocenters. The van der Waals surface area contributed by atoms with E-state index in [9.17, 15) is 4.79 Å². The molecule has 1 aromatic carbocycles. The fourth-order valence-electron chi connectivity index (χ4n) is 1.18. The zero-order chi connectivity index (χ0) is 10.9. The molecule has 0 amide bonds. The first-order chi connectivity index (χ1) is 6.43. The van der Waals surface area contributed by atoms with Gasteiger partial charge >= 0.3 is 0 Å². The van der Waals surface area contributed by atoms with Gasteiger partial charge in [-0.3, -0.25) is 4.79 Å². The Balaban J connectivity index is 3.22. The van der Waals surface area contributed by atoms with Gasteiger partial charge in [0.2, 0.25) is 0 Å². The maximum absolute atomic E-state index is 11.6. The molecule has 14 heavy (non-hydrogen) atoms. The van der Waals surface area contributed by atoms with E-state index in [0.717, 1.165) is 11.1 Å². The second-order valence-electron chi connectivity index (χ2n) is 3.40. The van der Waals surface area contributed by atoms with Crippen LogP contribution in [0, 0.1) is 13.8 Å². The molecule has 0 aliphatic rings. The average Bonchev–Trinajstić information content (AvgIpc) is 2.10. The van der Waals surface area contributed by atoms with Gasteiger partial charge in [0, 0.05) is 5.56 Å². The molecule has 0 N–H and O–H groups in total. The molecule has 1 unspecified atom stereocenters. The summed E-state index contributed by atoms with van der Waals surface area (Å²) in [6.45, 7) is 5.55. The van der Waals surface area contributed by atoms with Crippen molar-refractivity contribution in [1.29, 1.82) is 0 Å². The van der Waals surface area contributed by atoms with E-state index >= 15 is 0 Å². The van der Waals surface area contributed by atoms with Crippen LogP contribution in [-0.2, 0) is 0 Å². The molecule has 1 rings (SSSR count). The fourth-order valence-corrected chi connectivity index (χ4v) is 1.61. The van der Waals surface area contributed by atoms with Crippen molar-refractivity contribution < 1.29 is 4.79 Å². The van der Waals surface area contributed by atoms with Gasteiger partial charge < -0.3 is 0 Å². The Hall–Kier alpha value is -0.530. The number of Topliss-reactive ketones (excluding diaryl/α,β-unsaturated/α-hetero) is 1. The van der Waals surface area contributed by atoms with E-state index in [1.54, 1.807) is 19.1 Å². The summed E-state index contributed by atoms with van der Waals surface area (Å²) in [5.41, 5.74) is 2.64. The summed E-state index contributed by atoms with van der Waals surface area (Å²) in [6, 6.07) is 3.59. The zero-order valence-corrected chi connectivity index (χ0v) is 9.91. The summed E-state index contributed by atoms with van der Waals surface area (Å²) >= 11 is 11.7. The van der Waals surface area contributed by atoms with E-state index < -0.39 is 5.38 Å². The number of alkyl halides is 1. The maximum atomic E-state index is 11.6. The monoisotopic (exact) mass is 230 g/mol.